The van der Waals surface area contributed by atoms with Crippen LogP contribution in [0.5, 0.6) is 5.75 Å². The lowest BCUT2D eigenvalue weighted by Crippen LogP contribution is -2.21. The number of carbonyl (C=O) groups is 1. The molecule has 0 fully saturated rings. The molecule has 0 bridgehead atoms. The average Bonchev–Trinajstić information content (AvgIpc) is 3.04. The monoisotopic (exact) mass is 374 g/mol. The molecule has 3 rings (SSSR count). The van der Waals surface area contributed by atoms with Crippen LogP contribution in [0.3, 0.4) is 0 Å². The van der Waals surface area contributed by atoms with E-state index in [1.54, 1.807) is 18.3 Å². The Labute approximate surface area is 154 Å². The molecule has 3 heterocycles. The van der Waals surface area contributed by atoms with Crippen LogP contribution in [0.2, 0.25) is 0 Å². The Morgan fingerprint density at radius 2 is 2.08 bits per heavy atom. The minimum atomic E-state index is -0.428. The second kappa shape index (κ2) is 6.54. The molecule has 130 valence electrons. The molecule has 2 aromatic rings. The van der Waals surface area contributed by atoms with Gasteiger partial charge in [-0.05, 0) is 39.3 Å². The molecule has 0 radical (unpaired) electrons. The van der Waals surface area contributed by atoms with E-state index < -0.39 is 5.97 Å². The number of hydrogen-bond donors (Lipinski definition) is 1. The van der Waals surface area contributed by atoms with Gasteiger partial charge in [0.1, 0.15) is 17.2 Å². The summed E-state index contributed by atoms with van der Waals surface area (Å²) >= 11 is 3.13. The van der Waals surface area contributed by atoms with Gasteiger partial charge in [-0.2, -0.15) is 5.26 Å². The number of thiophene rings is 2. The van der Waals surface area contributed by atoms with Crippen molar-refractivity contribution in [2.75, 3.05) is 6.61 Å². The maximum Gasteiger partial charge on any atom is 0.343 e. The average molecular weight is 374 g/mol. The van der Waals surface area contributed by atoms with Crippen LogP contribution in [0.1, 0.15) is 48.3 Å². The second-order valence-electron chi connectivity index (χ2n) is 5.74. The highest BCUT2D eigenvalue weighted by molar-refractivity contribution is 7.13. The van der Waals surface area contributed by atoms with Crippen molar-refractivity contribution in [1.82, 2.24) is 0 Å². The SMILES string of the molecule is CCOC(=O)c1c(C)sc2c1OC(N)=C(C#N)[C@H]2c1cc(C)sc1C. The number of allylic oxidation sites excluding steroid dienone is 1. The van der Waals surface area contributed by atoms with Gasteiger partial charge in [-0.25, -0.2) is 4.79 Å². The van der Waals surface area contributed by atoms with Crippen molar-refractivity contribution >= 4 is 28.6 Å². The molecule has 0 aliphatic carbocycles. The molecule has 25 heavy (non-hydrogen) atoms. The van der Waals surface area contributed by atoms with Crippen molar-refractivity contribution < 1.29 is 14.3 Å². The van der Waals surface area contributed by atoms with E-state index in [1.807, 2.05) is 20.8 Å². The van der Waals surface area contributed by atoms with Gasteiger partial charge < -0.3 is 15.2 Å². The number of rotatable bonds is 3. The molecule has 0 amide bonds. The molecule has 1 atom stereocenters. The highest BCUT2D eigenvalue weighted by atomic mass is 32.1. The third kappa shape index (κ3) is 2.81. The van der Waals surface area contributed by atoms with Crippen LogP contribution in [-0.4, -0.2) is 12.6 Å². The first-order valence-electron chi connectivity index (χ1n) is 7.83. The number of carbonyl (C=O) groups excluding carboxylic acids is 1. The topological polar surface area (TPSA) is 85.3 Å². The van der Waals surface area contributed by atoms with Crippen molar-refractivity contribution in [3.05, 3.63) is 48.2 Å². The lowest BCUT2D eigenvalue weighted by Gasteiger charge is -2.24. The van der Waals surface area contributed by atoms with Crippen molar-refractivity contribution in [2.45, 2.75) is 33.6 Å². The number of hydrogen-bond acceptors (Lipinski definition) is 7. The fourth-order valence-corrected chi connectivity index (χ4v) is 5.24. The van der Waals surface area contributed by atoms with Gasteiger partial charge in [-0.3, -0.25) is 0 Å². The summed E-state index contributed by atoms with van der Waals surface area (Å²) < 4.78 is 10.9. The van der Waals surface area contributed by atoms with Gasteiger partial charge in [0, 0.05) is 14.6 Å². The summed E-state index contributed by atoms with van der Waals surface area (Å²) in [7, 11) is 0. The van der Waals surface area contributed by atoms with E-state index in [-0.39, 0.29) is 18.4 Å². The fraction of sp³-hybridized carbons (Fsp3) is 0.333. The van der Waals surface area contributed by atoms with Crippen LogP contribution in [-0.2, 0) is 4.74 Å². The molecular weight excluding hydrogens is 356 g/mol. The van der Waals surface area contributed by atoms with E-state index in [2.05, 4.69) is 12.1 Å². The highest BCUT2D eigenvalue weighted by Crippen LogP contribution is 2.50. The Morgan fingerprint density at radius 3 is 2.64 bits per heavy atom. The van der Waals surface area contributed by atoms with Crippen LogP contribution in [0.15, 0.2) is 17.5 Å². The summed E-state index contributed by atoms with van der Waals surface area (Å²) in [5.41, 5.74) is 7.84. The number of nitriles is 1. The minimum Gasteiger partial charge on any atom is -0.462 e. The third-order valence-electron chi connectivity index (χ3n) is 4.08. The first kappa shape index (κ1) is 17.5. The number of fused-ring (bicyclic) bond motifs is 1. The lowest BCUT2D eigenvalue weighted by molar-refractivity contribution is 0.0522. The summed E-state index contributed by atoms with van der Waals surface area (Å²) in [6, 6.07) is 4.26. The summed E-state index contributed by atoms with van der Waals surface area (Å²) in [6.07, 6.45) is 0. The molecule has 5 nitrogen and oxygen atoms in total. The molecule has 0 saturated heterocycles. The first-order valence-corrected chi connectivity index (χ1v) is 9.47. The molecule has 2 N–H and O–H groups in total. The molecule has 1 aliphatic rings. The van der Waals surface area contributed by atoms with Gasteiger partial charge in [0.15, 0.2) is 5.75 Å². The second-order valence-corrected chi connectivity index (χ2v) is 8.46. The zero-order valence-electron chi connectivity index (χ0n) is 14.4. The summed E-state index contributed by atoms with van der Waals surface area (Å²) in [5.74, 6) is -0.273. The Bertz CT molecular complexity index is 931. The predicted molar refractivity (Wildman–Crippen MR) is 98.1 cm³/mol. The van der Waals surface area contributed by atoms with Crippen molar-refractivity contribution in [2.24, 2.45) is 5.73 Å². The van der Waals surface area contributed by atoms with E-state index in [1.165, 1.54) is 11.3 Å². The first-order chi connectivity index (χ1) is 11.9. The van der Waals surface area contributed by atoms with E-state index in [4.69, 9.17) is 15.2 Å². The van der Waals surface area contributed by atoms with Gasteiger partial charge >= 0.3 is 5.97 Å². The van der Waals surface area contributed by atoms with Crippen LogP contribution in [0.25, 0.3) is 0 Å². The van der Waals surface area contributed by atoms with Gasteiger partial charge in [-0.1, -0.05) is 0 Å². The van der Waals surface area contributed by atoms with E-state index in [9.17, 15) is 10.1 Å². The fourth-order valence-electron chi connectivity index (χ4n) is 3.07. The number of esters is 1. The number of nitrogens with two attached hydrogens (primary N) is 1. The molecule has 7 heteroatoms. The Morgan fingerprint density at radius 1 is 1.36 bits per heavy atom. The standard InChI is InChI=1S/C18H18N2O3S2/c1-5-22-18(21)13-10(4)25-16-14(11-6-8(2)24-9(11)3)12(7-19)17(20)23-15(13)16/h6,14H,5,20H2,1-4H3/t14-/m1/s1. The minimum absolute atomic E-state index is 0.0478. The summed E-state index contributed by atoms with van der Waals surface area (Å²) in [4.78, 5) is 16.3. The molecule has 0 unspecified atom stereocenters. The molecule has 0 saturated carbocycles. The zero-order chi connectivity index (χ0) is 18.3. The normalized spacial score (nSPS) is 16.2. The Kier molecular flexibility index (Phi) is 4.58. The van der Waals surface area contributed by atoms with Crippen LogP contribution in [0.4, 0.5) is 0 Å². The van der Waals surface area contributed by atoms with Crippen molar-refractivity contribution in [3.8, 4) is 11.8 Å². The maximum absolute atomic E-state index is 12.4. The molecule has 0 spiro atoms. The number of aryl methyl sites for hydroxylation is 3. The third-order valence-corrected chi connectivity index (χ3v) is 6.22. The van der Waals surface area contributed by atoms with Crippen LogP contribution >= 0.6 is 22.7 Å². The van der Waals surface area contributed by atoms with Gasteiger partial charge in [0.2, 0.25) is 5.88 Å². The van der Waals surface area contributed by atoms with Crippen LogP contribution in [0, 0.1) is 32.1 Å². The van der Waals surface area contributed by atoms with Crippen molar-refractivity contribution in [3.63, 3.8) is 0 Å². The van der Waals surface area contributed by atoms with Crippen LogP contribution < -0.4 is 10.5 Å². The van der Waals surface area contributed by atoms with Gasteiger partial charge in [-0.15, -0.1) is 22.7 Å². The molecule has 0 aromatic carbocycles. The quantitative estimate of drug-likeness (QED) is 0.817. The molecular formula is C18H18N2O3S2. The van der Waals surface area contributed by atoms with Crippen molar-refractivity contribution in [1.29, 1.82) is 5.26 Å². The number of ether oxygens (including phenoxy) is 2. The highest BCUT2D eigenvalue weighted by Gasteiger charge is 2.38. The van der Waals surface area contributed by atoms with E-state index in [0.717, 1.165) is 25.1 Å². The number of nitrogens with zero attached hydrogens (tertiary/aromatic N) is 1. The van der Waals surface area contributed by atoms with E-state index in [0.29, 0.717) is 16.9 Å². The predicted octanol–water partition coefficient (Wildman–Crippen LogP) is 4.13. The van der Waals surface area contributed by atoms with E-state index >= 15 is 0 Å². The smallest absolute Gasteiger partial charge is 0.343 e. The summed E-state index contributed by atoms with van der Waals surface area (Å²) in [5, 5.41) is 9.63. The van der Waals surface area contributed by atoms with Gasteiger partial charge in [0.25, 0.3) is 0 Å². The maximum atomic E-state index is 12.4. The Balaban J connectivity index is 2.24. The largest absolute Gasteiger partial charge is 0.462 e. The Hall–Kier alpha value is -2.30. The summed E-state index contributed by atoms with van der Waals surface area (Å²) in [6.45, 7) is 7.95. The molecule has 2 aromatic heterocycles. The molecule has 1 aliphatic heterocycles. The zero-order valence-corrected chi connectivity index (χ0v) is 16.1. The van der Waals surface area contributed by atoms with Gasteiger partial charge in [0.05, 0.1) is 17.4 Å². The lowest BCUT2D eigenvalue weighted by atomic mass is 9.88.